The molecule has 3 rings (SSSR count). The Hall–Kier alpha value is -2.09. The number of benzene rings is 1. The lowest BCUT2D eigenvalue weighted by molar-refractivity contribution is -0.314. The van der Waals surface area contributed by atoms with Crippen molar-refractivity contribution in [2.24, 2.45) is 22.4 Å². The summed E-state index contributed by atoms with van der Waals surface area (Å²) in [5.41, 5.74) is -3.81. The van der Waals surface area contributed by atoms with E-state index in [-0.39, 0.29) is 40.5 Å². The van der Waals surface area contributed by atoms with Crippen LogP contribution in [0.15, 0.2) is 29.4 Å². The van der Waals surface area contributed by atoms with Crippen molar-refractivity contribution in [3.05, 3.63) is 29.8 Å². The van der Waals surface area contributed by atoms with Crippen molar-refractivity contribution in [3.63, 3.8) is 0 Å². The summed E-state index contributed by atoms with van der Waals surface area (Å²) in [4.78, 5) is 12.8. The molecule has 0 saturated heterocycles. The summed E-state index contributed by atoms with van der Waals surface area (Å²) < 4.78 is 42.0. The number of hydrogen-bond donors (Lipinski definition) is 2. The van der Waals surface area contributed by atoms with Crippen molar-refractivity contribution >= 4 is 11.6 Å². The minimum atomic E-state index is -5.09. The van der Waals surface area contributed by atoms with Gasteiger partial charge in [0, 0.05) is 5.71 Å². The average molecular weight is 384 g/mol. The summed E-state index contributed by atoms with van der Waals surface area (Å²) in [6.07, 6.45) is -4.08. The fourth-order valence-corrected chi connectivity index (χ4v) is 3.98. The number of aromatic hydroxyl groups is 1. The van der Waals surface area contributed by atoms with Gasteiger partial charge in [-0.1, -0.05) is 32.9 Å². The van der Waals surface area contributed by atoms with E-state index in [4.69, 9.17) is 0 Å². The smallest absolute Gasteiger partial charge is 0.439 e. The number of aliphatic hydroxyl groups is 1. The zero-order chi connectivity index (χ0) is 20.2. The van der Waals surface area contributed by atoms with Crippen LogP contribution >= 0.6 is 0 Å². The Balaban J connectivity index is 2.04. The Bertz CT molecular complexity index is 785. The van der Waals surface area contributed by atoms with Crippen LogP contribution in [-0.4, -0.2) is 38.7 Å². The molecule has 0 radical (unpaired) electrons. The molecule has 0 aromatic heterocycles. The molecule has 0 unspecified atom stereocenters. The molecule has 1 aliphatic heterocycles. The van der Waals surface area contributed by atoms with Crippen LogP contribution in [0.25, 0.3) is 0 Å². The quantitative estimate of drug-likeness (QED) is 0.771. The van der Waals surface area contributed by atoms with Crippen LogP contribution in [0.4, 0.5) is 13.2 Å². The van der Waals surface area contributed by atoms with Gasteiger partial charge in [-0.25, -0.2) is 0 Å². The Morgan fingerprint density at radius 2 is 1.89 bits per heavy atom. The van der Waals surface area contributed by atoms with E-state index in [1.807, 2.05) is 20.8 Å². The van der Waals surface area contributed by atoms with Crippen LogP contribution < -0.4 is 0 Å². The van der Waals surface area contributed by atoms with E-state index in [1.54, 1.807) is 0 Å². The average Bonchev–Trinajstić information content (AvgIpc) is 2.87. The number of halogens is 3. The minimum absolute atomic E-state index is 0.0458. The van der Waals surface area contributed by atoms with Crippen LogP contribution in [0, 0.1) is 17.3 Å². The van der Waals surface area contributed by atoms with E-state index in [9.17, 15) is 28.2 Å². The molecule has 1 saturated carbocycles. The molecule has 1 amide bonds. The number of rotatable bonds is 1. The number of hydrogen-bond acceptors (Lipinski definition) is 4. The van der Waals surface area contributed by atoms with Crippen LogP contribution in [0.1, 0.15) is 50.4 Å². The molecular formula is C19H23F3N2O3. The molecule has 3 atom stereocenters. The Morgan fingerprint density at radius 3 is 2.44 bits per heavy atom. The number of para-hydroxylation sites is 1. The van der Waals surface area contributed by atoms with E-state index in [0.717, 1.165) is 0 Å². The second-order valence-corrected chi connectivity index (χ2v) is 8.34. The van der Waals surface area contributed by atoms with Gasteiger partial charge in [-0.2, -0.15) is 23.3 Å². The highest BCUT2D eigenvalue weighted by Gasteiger charge is 2.69. The highest BCUT2D eigenvalue weighted by Crippen LogP contribution is 2.52. The Kier molecular flexibility index (Phi) is 4.53. The minimum Gasteiger partial charge on any atom is -0.507 e. The molecule has 1 fully saturated rings. The van der Waals surface area contributed by atoms with Gasteiger partial charge < -0.3 is 10.2 Å². The van der Waals surface area contributed by atoms with Crippen molar-refractivity contribution in [2.45, 2.75) is 51.9 Å². The van der Waals surface area contributed by atoms with Gasteiger partial charge in [-0.3, -0.25) is 4.79 Å². The predicted molar refractivity (Wildman–Crippen MR) is 93.0 cm³/mol. The number of carbonyl (C=O) groups is 1. The molecule has 27 heavy (non-hydrogen) atoms. The first-order chi connectivity index (χ1) is 12.4. The van der Waals surface area contributed by atoms with Crippen molar-refractivity contribution in [1.29, 1.82) is 0 Å². The van der Waals surface area contributed by atoms with Crippen LogP contribution in [0.5, 0.6) is 5.75 Å². The largest absolute Gasteiger partial charge is 0.507 e. The predicted octanol–water partition coefficient (Wildman–Crippen LogP) is 3.92. The molecule has 1 aliphatic carbocycles. The molecule has 148 valence electrons. The topological polar surface area (TPSA) is 73.1 Å². The van der Waals surface area contributed by atoms with Crippen LogP contribution in [-0.2, 0) is 0 Å². The van der Waals surface area contributed by atoms with E-state index >= 15 is 0 Å². The van der Waals surface area contributed by atoms with E-state index in [2.05, 4.69) is 5.10 Å². The standard InChI is InChI=1S/C19H23F3N2O3/c1-17(2,3)11-8-9-14-13(10-11)18(27,19(20,21)22)24(23-14)16(26)12-6-4-5-7-15(12)25/h4-7,11,13,25,27H,8-10H2,1-3H3/t11-,13-,18+/m1/s1. The summed E-state index contributed by atoms with van der Waals surface area (Å²) >= 11 is 0. The maximum absolute atomic E-state index is 14.0. The van der Waals surface area contributed by atoms with Crippen LogP contribution in [0.2, 0.25) is 0 Å². The summed E-state index contributed by atoms with van der Waals surface area (Å²) in [5.74, 6) is -3.00. The molecular weight excluding hydrogens is 361 g/mol. The van der Waals surface area contributed by atoms with Crippen molar-refractivity contribution in [1.82, 2.24) is 5.01 Å². The first kappa shape index (κ1) is 19.7. The fourth-order valence-electron chi connectivity index (χ4n) is 3.98. The van der Waals surface area contributed by atoms with Gasteiger partial charge >= 0.3 is 6.18 Å². The molecule has 8 heteroatoms. The number of phenols is 1. The van der Waals surface area contributed by atoms with Gasteiger partial charge in [-0.05, 0) is 42.7 Å². The lowest BCUT2D eigenvalue weighted by atomic mass is 9.66. The first-order valence-corrected chi connectivity index (χ1v) is 8.86. The van der Waals surface area contributed by atoms with Gasteiger partial charge in [0.1, 0.15) is 5.75 Å². The van der Waals surface area contributed by atoms with Gasteiger partial charge in [0.05, 0.1) is 11.5 Å². The second-order valence-electron chi connectivity index (χ2n) is 8.34. The van der Waals surface area contributed by atoms with Gasteiger partial charge in [0.25, 0.3) is 11.6 Å². The third-order valence-electron chi connectivity index (χ3n) is 5.68. The first-order valence-electron chi connectivity index (χ1n) is 8.86. The van der Waals surface area contributed by atoms with E-state index in [0.29, 0.717) is 6.42 Å². The van der Waals surface area contributed by atoms with Crippen LogP contribution in [0.3, 0.4) is 0 Å². The SMILES string of the molecule is CC(C)(C)[C@@H]1CCC2=NN(C(=O)c3ccccc3O)[C@@](O)(C(F)(F)F)[C@@H]2C1. The zero-order valence-electron chi connectivity index (χ0n) is 15.4. The molecule has 1 heterocycles. The monoisotopic (exact) mass is 384 g/mol. The number of carbonyl (C=O) groups excluding carboxylic acids is 1. The molecule has 2 N–H and O–H groups in total. The third kappa shape index (κ3) is 3.09. The number of fused-ring (bicyclic) bond motifs is 1. The molecule has 0 spiro atoms. The van der Waals surface area contributed by atoms with E-state index < -0.39 is 29.5 Å². The normalized spacial score (nSPS) is 28.7. The fraction of sp³-hybridized carbons (Fsp3) is 0.579. The van der Waals surface area contributed by atoms with Gasteiger partial charge in [-0.15, -0.1) is 0 Å². The summed E-state index contributed by atoms with van der Waals surface area (Å²) in [6, 6.07) is 5.28. The number of hydrazone groups is 1. The number of phenolic OH excluding ortho intramolecular Hbond substituents is 1. The molecule has 5 nitrogen and oxygen atoms in total. The summed E-state index contributed by atoms with van der Waals surface area (Å²) in [7, 11) is 0. The highest BCUT2D eigenvalue weighted by molar-refractivity contribution is 6.01. The molecule has 1 aromatic carbocycles. The maximum atomic E-state index is 14.0. The lowest BCUT2D eigenvalue weighted by Crippen LogP contribution is -2.62. The Morgan fingerprint density at radius 1 is 1.26 bits per heavy atom. The third-order valence-corrected chi connectivity index (χ3v) is 5.68. The number of nitrogens with zero attached hydrogens (tertiary/aromatic N) is 2. The molecule has 2 aliphatic rings. The van der Waals surface area contributed by atoms with Gasteiger partial charge in [0.2, 0.25) is 0 Å². The molecule has 1 aromatic rings. The summed E-state index contributed by atoms with van der Waals surface area (Å²) in [5, 5.41) is 24.6. The summed E-state index contributed by atoms with van der Waals surface area (Å²) in [6.45, 7) is 5.85. The lowest BCUT2D eigenvalue weighted by Gasteiger charge is -2.42. The highest BCUT2D eigenvalue weighted by atomic mass is 19.4. The Labute approximate surface area is 155 Å². The van der Waals surface area contributed by atoms with Crippen molar-refractivity contribution in [3.8, 4) is 5.75 Å². The zero-order valence-corrected chi connectivity index (χ0v) is 15.4. The second kappa shape index (κ2) is 6.22. The number of amides is 1. The van der Waals surface area contributed by atoms with Gasteiger partial charge in [0.15, 0.2) is 0 Å². The van der Waals surface area contributed by atoms with E-state index in [1.165, 1.54) is 24.3 Å². The number of alkyl halides is 3. The van der Waals surface area contributed by atoms with Crippen molar-refractivity contribution < 1.29 is 28.2 Å². The maximum Gasteiger partial charge on any atom is 0.439 e. The van der Waals surface area contributed by atoms with Crippen molar-refractivity contribution in [2.75, 3.05) is 0 Å². The molecule has 0 bridgehead atoms.